The number of hydrogen-bond donors (Lipinski definition) is 1. The summed E-state index contributed by atoms with van der Waals surface area (Å²) in [4.78, 5) is 13.0. The molecule has 16 heavy (non-hydrogen) atoms. The van der Waals surface area contributed by atoms with Crippen LogP contribution >= 0.6 is 0 Å². The Kier molecular flexibility index (Phi) is 4.43. The Balaban J connectivity index is 2.52. The Morgan fingerprint density at radius 3 is 2.69 bits per heavy atom. The number of likely N-dealkylation sites (N-methyl/N-ethyl adjacent to an activating group) is 1. The Bertz CT molecular complexity index is 366. The molecule has 1 atom stereocenters. The second-order valence-corrected chi connectivity index (χ2v) is 3.89. The smallest absolute Gasteiger partial charge is 0.238 e. The molecule has 1 aromatic rings. The normalized spacial score (nSPS) is 12.2. The Morgan fingerprint density at radius 2 is 2.12 bits per heavy atom. The summed E-state index contributed by atoms with van der Waals surface area (Å²) < 4.78 is 13.3. The lowest BCUT2D eigenvalue weighted by atomic mass is 10.1. The van der Waals surface area contributed by atoms with Gasteiger partial charge in [-0.1, -0.05) is 18.2 Å². The van der Waals surface area contributed by atoms with E-state index in [0.717, 1.165) is 0 Å². The lowest BCUT2D eigenvalue weighted by molar-refractivity contribution is -0.130. The van der Waals surface area contributed by atoms with Crippen LogP contribution in [0, 0.1) is 5.82 Å². The predicted octanol–water partition coefficient (Wildman–Crippen LogP) is 1.17. The molecule has 0 aliphatic carbocycles. The van der Waals surface area contributed by atoms with E-state index in [0.29, 0.717) is 18.5 Å². The number of nitrogens with two attached hydrogens (primary N) is 1. The summed E-state index contributed by atoms with van der Waals surface area (Å²) >= 11 is 0. The van der Waals surface area contributed by atoms with Gasteiger partial charge < -0.3 is 10.6 Å². The molecule has 1 aromatic carbocycles. The fourth-order valence-electron chi connectivity index (χ4n) is 1.45. The van der Waals surface area contributed by atoms with Gasteiger partial charge in [-0.15, -0.1) is 0 Å². The molecule has 0 aliphatic heterocycles. The summed E-state index contributed by atoms with van der Waals surface area (Å²) in [6, 6.07) is 6.06. The molecule has 1 amide bonds. The molecule has 1 rings (SSSR count). The first-order valence-corrected chi connectivity index (χ1v) is 5.26. The maximum Gasteiger partial charge on any atom is 0.238 e. The molecule has 88 valence electrons. The van der Waals surface area contributed by atoms with Crippen LogP contribution < -0.4 is 5.73 Å². The topological polar surface area (TPSA) is 46.3 Å². The number of carbonyl (C=O) groups excluding carboxylic acids is 1. The number of benzene rings is 1. The van der Waals surface area contributed by atoms with E-state index in [1.54, 1.807) is 32.2 Å². The molecule has 0 saturated carbocycles. The van der Waals surface area contributed by atoms with E-state index in [1.165, 1.54) is 11.0 Å². The number of hydrogen-bond acceptors (Lipinski definition) is 2. The van der Waals surface area contributed by atoms with Crippen molar-refractivity contribution in [3.63, 3.8) is 0 Å². The quantitative estimate of drug-likeness (QED) is 0.834. The van der Waals surface area contributed by atoms with E-state index in [9.17, 15) is 9.18 Å². The SMILES string of the molecule is CC(N)C(=O)N(C)CCc1ccccc1F. The van der Waals surface area contributed by atoms with Gasteiger partial charge in [-0.05, 0) is 25.0 Å². The maximum absolute atomic E-state index is 13.3. The van der Waals surface area contributed by atoms with Crippen molar-refractivity contribution in [3.8, 4) is 0 Å². The monoisotopic (exact) mass is 224 g/mol. The fourth-order valence-corrected chi connectivity index (χ4v) is 1.45. The highest BCUT2D eigenvalue weighted by atomic mass is 19.1. The Morgan fingerprint density at radius 1 is 1.50 bits per heavy atom. The summed E-state index contributed by atoms with van der Waals surface area (Å²) in [5, 5.41) is 0. The zero-order valence-electron chi connectivity index (χ0n) is 9.61. The van der Waals surface area contributed by atoms with Crippen LogP contribution in [0.3, 0.4) is 0 Å². The average Bonchev–Trinajstić information content (AvgIpc) is 2.26. The van der Waals surface area contributed by atoms with E-state index < -0.39 is 6.04 Å². The molecule has 0 fully saturated rings. The van der Waals surface area contributed by atoms with Gasteiger partial charge in [0, 0.05) is 13.6 Å². The van der Waals surface area contributed by atoms with Gasteiger partial charge in [-0.25, -0.2) is 4.39 Å². The summed E-state index contributed by atoms with van der Waals surface area (Å²) in [5.41, 5.74) is 6.09. The molecule has 1 unspecified atom stereocenters. The minimum absolute atomic E-state index is 0.128. The molecule has 0 aromatic heterocycles. The van der Waals surface area contributed by atoms with Crippen molar-refractivity contribution >= 4 is 5.91 Å². The van der Waals surface area contributed by atoms with Crippen LogP contribution in [0.5, 0.6) is 0 Å². The molecule has 0 saturated heterocycles. The molecular formula is C12H17FN2O. The van der Waals surface area contributed by atoms with Crippen molar-refractivity contribution in [3.05, 3.63) is 35.6 Å². The molecule has 0 spiro atoms. The van der Waals surface area contributed by atoms with E-state index in [1.807, 2.05) is 0 Å². The van der Waals surface area contributed by atoms with Gasteiger partial charge >= 0.3 is 0 Å². The van der Waals surface area contributed by atoms with Crippen LogP contribution in [0.1, 0.15) is 12.5 Å². The number of rotatable bonds is 4. The molecule has 0 heterocycles. The van der Waals surface area contributed by atoms with Gasteiger partial charge in [0.05, 0.1) is 6.04 Å². The van der Waals surface area contributed by atoms with Crippen LogP contribution in [0.4, 0.5) is 4.39 Å². The lowest BCUT2D eigenvalue weighted by Gasteiger charge is -2.19. The number of nitrogens with zero attached hydrogens (tertiary/aromatic N) is 1. The number of carbonyl (C=O) groups is 1. The first-order valence-electron chi connectivity index (χ1n) is 5.26. The van der Waals surface area contributed by atoms with Crippen LogP contribution in [0.25, 0.3) is 0 Å². The van der Waals surface area contributed by atoms with Crippen LogP contribution in [0.2, 0.25) is 0 Å². The standard InChI is InChI=1S/C12H17FN2O/c1-9(14)12(16)15(2)8-7-10-5-3-4-6-11(10)13/h3-6,9H,7-8,14H2,1-2H3. The van der Waals surface area contributed by atoms with Crippen LogP contribution in [-0.4, -0.2) is 30.4 Å². The highest BCUT2D eigenvalue weighted by molar-refractivity contribution is 5.80. The zero-order valence-corrected chi connectivity index (χ0v) is 9.61. The predicted molar refractivity (Wildman–Crippen MR) is 61.4 cm³/mol. The third-order valence-corrected chi connectivity index (χ3v) is 2.44. The molecule has 2 N–H and O–H groups in total. The van der Waals surface area contributed by atoms with E-state index in [-0.39, 0.29) is 11.7 Å². The van der Waals surface area contributed by atoms with Gasteiger partial charge in [0.15, 0.2) is 0 Å². The Hall–Kier alpha value is -1.42. The van der Waals surface area contributed by atoms with Gasteiger partial charge in [-0.3, -0.25) is 4.79 Å². The lowest BCUT2D eigenvalue weighted by Crippen LogP contribution is -2.40. The van der Waals surface area contributed by atoms with Crippen LogP contribution in [-0.2, 0) is 11.2 Å². The van der Waals surface area contributed by atoms with Gasteiger partial charge in [0.25, 0.3) is 0 Å². The third-order valence-electron chi connectivity index (χ3n) is 2.44. The summed E-state index contributed by atoms with van der Waals surface area (Å²) in [5.74, 6) is -0.361. The third kappa shape index (κ3) is 3.31. The number of amides is 1. The van der Waals surface area contributed by atoms with Gasteiger partial charge in [0.1, 0.15) is 5.82 Å². The molecular weight excluding hydrogens is 207 g/mol. The summed E-state index contributed by atoms with van der Waals surface area (Å²) in [6.07, 6.45) is 0.502. The molecule has 3 nitrogen and oxygen atoms in total. The minimum Gasteiger partial charge on any atom is -0.344 e. The van der Waals surface area contributed by atoms with E-state index >= 15 is 0 Å². The molecule has 0 bridgehead atoms. The van der Waals surface area contributed by atoms with Crippen molar-refractivity contribution in [2.45, 2.75) is 19.4 Å². The molecule has 0 radical (unpaired) electrons. The second-order valence-electron chi connectivity index (χ2n) is 3.89. The maximum atomic E-state index is 13.3. The number of halogens is 1. The molecule has 0 aliphatic rings. The van der Waals surface area contributed by atoms with Gasteiger partial charge in [0.2, 0.25) is 5.91 Å². The van der Waals surface area contributed by atoms with Crippen molar-refractivity contribution in [2.75, 3.05) is 13.6 Å². The molecule has 4 heteroatoms. The van der Waals surface area contributed by atoms with Crippen molar-refractivity contribution < 1.29 is 9.18 Å². The van der Waals surface area contributed by atoms with E-state index in [4.69, 9.17) is 5.73 Å². The highest BCUT2D eigenvalue weighted by Gasteiger charge is 2.13. The minimum atomic E-state index is -0.509. The fraction of sp³-hybridized carbons (Fsp3) is 0.417. The average molecular weight is 224 g/mol. The summed E-state index contributed by atoms with van der Waals surface area (Å²) in [7, 11) is 1.67. The first-order chi connectivity index (χ1) is 7.52. The van der Waals surface area contributed by atoms with Crippen molar-refractivity contribution in [1.82, 2.24) is 4.90 Å². The highest BCUT2D eigenvalue weighted by Crippen LogP contribution is 2.07. The second kappa shape index (κ2) is 5.61. The van der Waals surface area contributed by atoms with Gasteiger partial charge in [-0.2, -0.15) is 0 Å². The van der Waals surface area contributed by atoms with Crippen molar-refractivity contribution in [2.24, 2.45) is 5.73 Å². The zero-order chi connectivity index (χ0) is 12.1. The Labute approximate surface area is 95.0 Å². The summed E-state index contributed by atoms with van der Waals surface area (Å²) in [6.45, 7) is 2.11. The largest absolute Gasteiger partial charge is 0.344 e. The first kappa shape index (κ1) is 12.6. The van der Waals surface area contributed by atoms with E-state index in [2.05, 4.69) is 0 Å². The van der Waals surface area contributed by atoms with Crippen molar-refractivity contribution in [1.29, 1.82) is 0 Å². The van der Waals surface area contributed by atoms with Crippen LogP contribution in [0.15, 0.2) is 24.3 Å².